The van der Waals surface area contributed by atoms with Crippen molar-refractivity contribution >= 4 is 22.5 Å². The van der Waals surface area contributed by atoms with E-state index in [2.05, 4.69) is 9.97 Å². The maximum Gasteiger partial charge on any atom is 0.260 e. The zero-order valence-electron chi connectivity index (χ0n) is 7.94. The summed E-state index contributed by atoms with van der Waals surface area (Å²) in [5, 5.41) is 11.0. The van der Waals surface area contributed by atoms with Gasteiger partial charge in [-0.05, 0) is 18.2 Å². The molecule has 0 fully saturated rings. The maximum absolute atomic E-state index is 11.6. The van der Waals surface area contributed by atoms with Crippen molar-refractivity contribution in [3.05, 3.63) is 49.5 Å². The second-order valence-corrected chi connectivity index (χ2v) is 3.60. The molecular formula is C9H6ClN3O3. The molecule has 0 aliphatic rings. The number of hydrogen-bond acceptors (Lipinski definition) is 4. The number of nitrogens with zero attached hydrogens (tertiary/aromatic N) is 2. The van der Waals surface area contributed by atoms with Crippen LogP contribution >= 0.6 is 11.6 Å². The van der Waals surface area contributed by atoms with Crippen LogP contribution in [0.15, 0.2) is 23.0 Å². The molecule has 6 nitrogen and oxygen atoms in total. The number of aromatic amines is 1. The Bertz CT molecular complexity index is 623. The zero-order valence-corrected chi connectivity index (χ0v) is 8.69. The molecule has 0 spiro atoms. The van der Waals surface area contributed by atoms with E-state index in [-0.39, 0.29) is 5.82 Å². The van der Waals surface area contributed by atoms with E-state index in [1.165, 1.54) is 6.07 Å². The van der Waals surface area contributed by atoms with Crippen LogP contribution in [0.4, 0.5) is 0 Å². The summed E-state index contributed by atoms with van der Waals surface area (Å²) in [4.78, 5) is 27.6. The molecule has 1 aromatic carbocycles. The first kappa shape index (κ1) is 10.6. The van der Waals surface area contributed by atoms with Crippen molar-refractivity contribution in [3.63, 3.8) is 0 Å². The Kier molecular flexibility index (Phi) is 2.57. The van der Waals surface area contributed by atoms with Gasteiger partial charge in [-0.1, -0.05) is 11.6 Å². The summed E-state index contributed by atoms with van der Waals surface area (Å²) < 4.78 is 0. The summed E-state index contributed by atoms with van der Waals surface area (Å²) in [7, 11) is 0. The number of H-pyrrole nitrogens is 1. The van der Waals surface area contributed by atoms with Crippen molar-refractivity contribution in [1.82, 2.24) is 9.97 Å². The van der Waals surface area contributed by atoms with Gasteiger partial charge in [0.2, 0.25) is 0 Å². The van der Waals surface area contributed by atoms with Crippen LogP contribution in [0.3, 0.4) is 0 Å². The average Bonchev–Trinajstić information content (AvgIpc) is 2.18. The molecule has 0 bridgehead atoms. The van der Waals surface area contributed by atoms with Crippen molar-refractivity contribution in [2.45, 2.75) is 6.54 Å². The molecule has 82 valence electrons. The molecule has 0 saturated heterocycles. The van der Waals surface area contributed by atoms with E-state index in [1.807, 2.05) is 0 Å². The van der Waals surface area contributed by atoms with Crippen molar-refractivity contribution < 1.29 is 4.92 Å². The minimum Gasteiger partial charge on any atom is -0.304 e. The average molecular weight is 240 g/mol. The topological polar surface area (TPSA) is 88.9 Å². The number of nitro groups is 1. The second kappa shape index (κ2) is 3.90. The fraction of sp³-hybridized carbons (Fsp3) is 0.111. The maximum atomic E-state index is 11.6. The monoisotopic (exact) mass is 239 g/mol. The Morgan fingerprint density at radius 2 is 2.25 bits per heavy atom. The highest BCUT2D eigenvalue weighted by Crippen LogP contribution is 2.14. The third-order valence-corrected chi connectivity index (χ3v) is 2.23. The summed E-state index contributed by atoms with van der Waals surface area (Å²) >= 11 is 5.73. The first-order valence-electron chi connectivity index (χ1n) is 4.36. The van der Waals surface area contributed by atoms with Gasteiger partial charge in [-0.2, -0.15) is 0 Å². The number of halogens is 1. The molecule has 0 aliphatic heterocycles. The molecule has 1 N–H and O–H groups in total. The lowest BCUT2D eigenvalue weighted by Gasteiger charge is -1.99. The first-order chi connectivity index (χ1) is 7.56. The quantitative estimate of drug-likeness (QED) is 0.633. The molecule has 0 aliphatic carbocycles. The molecule has 0 radical (unpaired) electrons. The normalized spacial score (nSPS) is 10.6. The summed E-state index contributed by atoms with van der Waals surface area (Å²) in [6, 6.07) is 4.60. The summed E-state index contributed by atoms with van der Waals surface area (Å²) in [5.74, 6) is 0.0322. The Morgan fingerprint density at radius 3 is 2.94 bits per heavy atom. The lowest BCUT2D eigenvalue weighted by atomic mass is 10.2. The highest BCUT2D eigenvalue weighted by atomic mass is 35.5. The molecule has 0 amide bonds. The lowest BCUT2D eigenvalue weighted by molar-refractivity contribution is -0.498. The van der Waals surface area contributed by atoms with Crippen molar-refractivity contribution in [1.29, 1.82) is 0 Å². The van der Waals surface area contributed by atoms with Gasteiger partial charge in [0.05, 0.1) is 10.9 Å². The van der Waals surface area contributed by atoms with Crippen LogP contribution in [0.2, 0.25) is 5.02 Å². The van der Waals surface area contributed by atoms with Crippen LogP contribution in [0, 0.1) is 10.1 Å². The van der Waals surface area contributed by atoms with Crippen LogP contribution in [-0.2, 0) is 6.54 Å². The van der Waals surface area contributed by atoms with Gasteiger partial charge >= 0.3 is 0 Å². The molecule has 1 aromatic heterocycles. The third-order valence-electron chi connectivity index (χ3n) is 2.00. The van der Waals surface area contributed by atoms with E-state index in [1.54, 1.807) is 12.1 Å². The predicted octanol–water partition coefficient (Wildman–Crippen LogP) is 1.35. The lowest BCUT2D eigenvalue weighted by Crippen LogP contribution is -2.14. The van der Waals surface area contributed by atoms with Gasteiger partial charge in [0, 0.05) is 9.95 Å². The van der Waals surface area contributed by atoms with Crippen LogP contribution in [-0.4, -0.2) is 14.9 Å². The fourth-order valence-electron chi connectivity index (χ4n) is 1.36. The molecule has 2 aromatic rings. The van der Waals surface area contributed by atoms with Crippen molar-refractivity contribution in [2.75, 3.05) is 0 Å². The Labute approximate surface area is 94.0 Å². The Morgan fingerprint density at radius 1 is 1.50 bits per heavy atom. The Hall–Kier alpha value is -1.95. The van der Waals surface area contributed by atoms with E-state index >= 15 is 0 Å². The van der Waals surface area contributed by atoms with Crippen LogP contribution in [0.25, 0.3) is 10.9 Å². The van der Waals surface area contributed by atoms with Crippen LogP contribution < -0.4 is 5.56 Å². The molecule has 0 unspecified atom stereocenters. The predicted molar refractivity (Wildman–Crippen MR) is 58.1 cm³/mol. The van der Waals surface area contributed by atoms with Gasteiger partial charge < -0.3 is 4.98 Å². The van der Waals surface area contributed by atoms with Gasteiger partial charge in [0.1, 0.15) is 0 Å². The molecule has 7 heteroatoms. The largest absolute Gasteiger partial charge is 0.304 e. The van der Waals surface area contributed by atoms with E-state index in [0.717, 1.165) is 0 Å². The molecule has 1 heterocycles. The molecule has 16 heavy (non-hydrogen) atoms. The standard InChI is InChI=1S/C9H6ClN3O3/c10-5-1-2-7-6(3-5)9(14)12-8(11-7)4-13(15)16/h1-3H,4H2,(H,11,12,14). The molecule has 0 atom stereocenters. The number of benzene rings is 1. The number of rotatable bonds is 2. The van der Waals surface area contributed by atoms with E-state index < -0.39 is 17.0 Å². The van der Waals surface area contributed by atoms with Gasteiger partial charge in [0.25, 0.3) is 12.1 Å². The van der Waals surface area contributed by atoms with E-state index in [4.69, 9.17) is 11.6 Å². The smallest absolute Gasteiger partial charge is 0.260 e. The van der Waals surface area contributed by atoms with Crippen LogP contribution in [0.1, 0.15) is 5.82 Å². The molecule has 2 rings (SSSR count). The molecular weight excluding hydrogens is 234 g/mol. The minimum absolute atomic E-state index is 0.0322. The van der Waals surface area contributed by atoms with E-state index in [0.29, 0.717) is 15.9 Å². The number of hydrogen-bond donors (Lipinski definition) is 1. The summed E-state index contributed by atoms with van der Waals surface area (Å²) in [6.07, 6.45) is 0. The molecule has 0 saturated carbocycles. The highest BCUT2D eigenvalue weighted by Gasteiger charge is 2.08. The first-order valence-corrected chi connectivity index (χ1v) is 4.74. The number of nitrogens with one attached hydrogen (secondary N) is 1. The second-order valence-electron chi connectivity index (χ2n) is 3.16. The van der Waals surface area contributed by atoms with Gasteiger partial charge in [-0.25, -0.2) is 4.98 Å². The highest BCUT2D eigenvalue weighted by molar-refractivity contribution is 6.31. The number of aromatic nitrogens is 2. The minimum atomic E-state index is -0.556. The summed E-state index contributed by atoms with van der Waals surface area (Å²) in [5.41, 5.74) is -0.0330. The van der Waals surface area contributed by atoms with Gasteiger partial charge in [-0.15, -0.1) is 0 Å². The Balaban J connectivity index is 2.64. The zero-order chi connectivity index (χ0) is 11.7. The number of fused-ring (bicyclic) bond motifs is 1. The van der Waals surface area contributed by atoms with Crippen molar-refractivity contribution in [2.24, 2.45) is 0 Å². The third kappa shape index (κ3) is 2.01. The van der Waals surface area contributed by atoms with Gasteiger partial charge in [-0.3, -0.25) is 14.9 Å². The van der Waals surface area contributed by atoms with Crippen molar-refractivity contribution in [3.8, 4) is 0 Å². The SMILES string of the molecule is O=c1[nH]c(C[N+](=O)[O-])nc2ccc(Cl)cc12. The van der Waals surface area contributed by atoms with Crippen LogP contribution in [0.5, 0.6) is 0 Å². The summed E-state index contributed by atoms with van der Waals surface area (Å²) in [6.45, 7) is -0.506. The van der Waals surface area contributed by atoms with E-state index in [9.17, 15) is 14.9 Å². The van der Waals surface area contributed by atoms with Gasteiger partial charge in [0.15, 0.2) is 5.82 Å². The fourth-order valence-corrected chi connectivity index (χ4v) is 1.53.